The van der Waals surface area contributed by atoms with E-state index >= 15 is 0 Å². The highest BCUT2D eigenvalue weighted by atomic mass is 32.1. The zero-order chi connectivity index (χ0) is 12.8. The van der Waals surface area contributed by atoms with E-state index in [9.17, 15) is 0 Å². The topological polar surface area (TPSA) is 3.24 Å². The van der Waals surface area contributed by atoms with Crippen LogP contribution in [0.4, 0.5) is 0 Å². The normalized spacial score (nSPS) is 18.1. The second kappa shape index (κ2) is 7.20. The third-order valence-electron chi connectivity index (χ3n) is 3.99. The fourth-order valence-electron chi connectivity index (χ4n) is 2.73. The van der Waals surface area contributed by atoms with E-state index < -0.39 is 0 Å². The van der Waals surface area contributed by atoms with Gasteiger partial charge >= 0.3 is 0 Å². The molecule has 1 nitrogen and oxygen atoms in total. The molecule has 100 valence electrons. The van der Waals surface area contributed by atoms with Crippen molar-refractivity contribution in [1.29, 1.82) is 0 Å². The average Bonchev–Trinajstić information content (AvgIpc) is 2.58. The maximum atomic E-state index is 4.32. The summed E-state index contributed by atoms with van der Waals surface area (Å²) in [7, 11) is 0. The van der Waals surface area contributed by atoms with E-state index in [0.29, 0.717) is 0 Å². The van der Waals surface area contributed by atoms with Gasteiger partial charge in [0.15, 0.2) is 0 Å². The molecule has 1 aromatic rings. The van der Waals surface area contributed by atoms with Crippen molar-refractivity contribution < 1.29 is 0 Å². The molecule has 0 bridgehead atoms. The minimum Gasteiger partial charge on any atom is -0.299 e. The number of hydrogen-bond acceptors (Lipinski definition) is 2. The van der Waals surface area contributed by atoms with E-state index in [1.807, 2.05) is 0 Å². The summed E-state index contributed by atoms with van der Waals surface area (Å²) in [5.41, 5.74) is 3.10. The monoisotopic (exact) mass is 263 g/mol. The molecule has 0 N–H and O–H groups in total. The molecule has 0 radical (unpaired) electrons. The van der Waals surface area contributed by atoms with Crippen molar-refractivity contribution >= 4 is 12.6 Å². The van der Waals surface area contributed by atoms with Crippen LogP contribution in [0.25, 0.3) is 0 Å². The first-order valence-corrected chi connectivity index (χ1v) is 7.83. The second-order valence-electron chi connectivity index (χ2n) is 5.55. The van der Waals surface area contributed by atoms with Gasteiger partial charge in [0.2, 0.25) is 0 Å². The van der Waals surface area contributed by atoms with Crippen molar-refractivity contribution in [3.8, 4) is 0 Å². The van der Waals surface area contributed by atoms with Gasteiger partial charge in [0.25, 0.3) is 0 Å². The number of aryl methyl sites for hydroxylation is 1. The summed E-state index contributed by atoms with van der Waals surface area (Å²) in [5.74, 6) is 1.82. The van der Waals surface area contributed by atoms with Crippen molar-refractivity contribution in [3.05, 3.63) is 35.4 Å². The summed E-state index contributed by atoms with van der Waals surface area (Å²) < 4.78 is 0. The third-order valence-corrected chi connectivity index (χ3v) is 4.25. The van der Waals surface area contributed by atoms with E-state index in [-0.39, 0.29) is 0 Å². The number of rotatable bonds is 5. The van der Waals surface area contributed by atoms with Gasteiger partial charge in [-0.2, -0.15) is 12.6 Å². The first-order valence-electron chi connectivity index (χ1n) is 7.19. The molecule has 1 aromatic carbocycles. The molecule has 2 heteroatoms. The van der Waals surface area contributed by atoms with Crippen LogP contribution in [-0.4, -0.2) is 23.7 Å². The Labute approximate surface area is 117 Å². The summed E-state index contributed by atoms with van der Waals surface area (Å²) in [4.78, 5) is 2.63. The number of fused-ring (bicyclic) bond motifs is 1. The number of thiol groups is 1. The molecule has 0 saturated carbocycles. The number of hydrogen-bond donors (Lipinski definition) is 1. The molecule has 0 fully saturated rings. The molecule has 1 atom stereocenters. The molecule has 0 aliphatic carbocycles. The standard InChI is InChI=1S/C16H25NS/c1-14(9-12-18)8-11-17-10-4-7-15-5-2-3-6-16(15)13-17/h2-3,5-6,14,18H,4,7-13H2,1H3. The molecule has 0 aromatic heterocycles. The van der Waals surface area contributed by atoms with E-state index in [4.69, 9.17) is 0 Å². The molecular formula is C16H25NS. The molecule has 0 saturated heterocycles. The van der Waals surface area contributed by atoms with Crippen LogP contribution in [0, 0.1) is 5.92 Å². The Morgan fingerprint density at radius 3 is 2.78 bits per heavy atom. The Morgan fingerprint density at radius 1 is 1.22 bits per heavy atom. The largest absolute Gasteiger partial charge is 0.299 e. The van der Waals surface area contributed by atoms with Gasteiger partial charge < -0.3 is 0 Å². The van der Waals surface area contributed by atoms with Gasteiger partial charge in [-0.1, -0.05) is 31.2 Å². The van der Waals surface area contributed by atoms with Crippen molar-refractivity contribution in [2.24, 2.45) is 5.92 Å². The zero-order valence-corrected chi connectivity index (χ0v) is 12.3. The van der Waals surface area contributed by atoms with Gasteiger partial charge in [-0.15, -0.1) is 0 Å². The first kappa shape index (κ1) is 14.0. The average molecular weight is 263 g/mol. The Balaban J connectivity index is 1.88. The molecule has 18 heavy (non-hydrogen) atoms. The van der Waals surface area contributed by atoms with E-state index in [2.05, 4.69) is 48.7 Å². The van der Waals surface area contributed by atoms with Gasteiger partial charge in [0.05, 0.1) is 0 Å². The Hall–Kier alpha value is -0.470. The van der Waals surface area contributed by atoms with E-state index in [0.717, 1.165) is 18.2 Å². The van der Waals surface area contributed by atoms with Crippen LogP contribution in [0.15, 0.2) is 24.3 Å². The fourth-order valence-corrected chi connectivity index (χ4v) is 3.17. The van der Waals surface area contributed by atoms with Crippen LogP contribution in [0.3, 0.4) is 0 Å². The molecule has 1 aliphatic heterocycles. The number of benzene rings is 1. The Bertz CT molecular complexity index is 364. The number of nitrogens with zero attached hydrogens (tertiary/aromatic N) is 1. The van der Waals surface area contributed by atoms with Gasteiger partial charge in [-0.05, 0) is 61.6 Å². The molecule has 1 heterocycles. The lowest BCUT2D eigenvalue weighted by Crippen LogP contribution is -2.25. The van der Waals surface area contributed by atoms with Crippen LogP contribution in [0.5, 0.6) is 0 Å². The first-order chi connectivity index (χ1) is 8.79. The maximum Gasteiger partial charge on any atom is 0.0236 e. The van der Waals surface area contributed by atoms with Crippen molar-refractivity contribution in [1.82, 2.24) is 4.90 Å². The zero-order valence-electron chi connectivity index (χ0n) is 11.4. The summed E-state index contributed by atoms with van der Waals surface area (Å²) in [6.07, 6.45) is 5.10. The predicted octanol–water partition coefficient (Wildman–Crippen LogP) is 3.78. The lowest BCUT2D eigenvalue weighted by Gasteiger charge is -2.22. The minimum atomic E-state index is 0.806. The second-order valence-corrected chi connectivity index (χ2v) is 6.00. The molecule has 2 rings (SSSR count). The highest BCUT2D eigenvalue weighted by molar-refractivity contribution is 7.80. The molecule has 0 spiro atoms. The van der Waals surface area contributed by atoms with Gasteiger partial charge in [-0.25, -0.2) is 0 Å². The van der Waals surface area contributed by atoms with Gasteiger partial charge in [-0.3, -0.25) is 4.90 Å². The summed E-state index contributed by atoms with van der Waals surface area (Å²) in [5, 5.41) is 0. The highest BCUT2D eigenvalue weighted by Crippen LogP contribution is 2.19. The quantitative estimate of drug-likeness (QED) is 0.791. The smallest absolute Gasteiger partial charge is 0.0236 e. The van der Waals surface area contributed by atoms with E-state index in [1.165, 1.54) is 44.3 Å². The Kier molecular flexibility index (Phi) is 5.58. The van der Waals surface area contributed by atoms with Crippen molar-refractivity contribution in [2.45, 2.75) is 39.2 Å². The SMILES string of the molecule is CC(CCS)CCN1CCCc2ccccc2C1. The minimum absolute atomic E-state index is 0.806. The summed E-state index contributed by atoms with van der Waals surface area (Å²) in [6, 6.07) is 8.93. The van der Waals surface area contributed by atoms with Crippen LogP contribution >= 0.6 is 12.6 Å². The van der Waals surface area contributed by atoms with Gasteiger partial charge in [0, 0.05) is 6.54 Å². The summed E-state index contributed by atoms with van der Waals surface area (Å²) >= 11 is 4.32. The highest BCUT2D eigenvalue weighted by Gasteiger charge is 2.14. The van der Waals surface area contributed by atoms with E-state index in [1.54, 1.807) is 5.56 Å². The molecule has 1 aliphatic rings. The van der Waals surface area contributed by atoms with Gasteiger partial charge in [0.1, 0.15) is 0 Å². The van der Waals surface area contributed by atoms with Crippen LogP contribution in [-0.2, 0) is 13.0 Å². The maximum absolute atomic E-state index is 4.32. The van der Waals surface area contributed by atoms with Crippen LogP contribution < -0.4 is 0 Å². The molecular weight excluding hydrogens is 238 g/mol. The molecule has 1 unspecified atom stereocenters. The Morgan fingerprint density at radius 2 is 2.00 bits per heavy atom. The van der Waals surface area contributed by atoms with Crippen LogP contribution in [0.1, 0.15) is 37.3 Å². The summed E-state index contributed by atoms with van der Waals surface area (Å²) in [6.45, 7) is 5.98. The predicted molar refractivity (Wildman–Crippen MR) is 82.3 cm³/mol. The van der Waals surface area contributed by atoms with Crippen molar-refractivity contribution in [2.75, 3.05) is 18.8 Å². The lowest BCUT2D eigenvalue weighted by molar-refractivity contribution is 0.249. The van der Waals surface area contributed by atoms with Crippen LogP contribution in [0.2, 0.25) is 0 Å². The lowest BCUT2D eigenvalue weighted by atomic mass is 10.0. The third kappa shape index (κ3) is 4.03. The van der Waals surface area contributed by atoms with Crippen molar-refractivity contribution in [3.63, 3.8) is 0 Å². The molecule has 0 amide bonds. The fraction of sp³-hybridized carbons (Fsp3) is 0.625.